The number of nitrogens with one attached hydrogen (secondary N) is 1. The molecule has 190 valence electrons. The van der Waals surface area contributed by atoms with Gasteiger partial charge in [-0.25, -0.2) is 23.7 Å². The lowest BCUT2D eigenvalue weighted by atomic mass is 9.82. The highest BCUT2D eigenvalue weighted by molar-refractivity contribution is 6.33. The number of rotatable bonds is 6. The van der Waals surface area contributed by atoms with E-state index in [-0.39, 0.29) is 27.8 Å². The van der Waals surface area contributed by atoms with Crippen LogP contribution in [0.25, 0.3) is 11.3 Å². The summed E-state index contributed by atoms with van der Waals surface area (Å²) in [5, 5.41) is 3.51. The van der Waals surface area contributed by atoms with Crippen LogP contribution in [0.15, 0.2) is 30.6 Å². The zero-order valence-corrected chi connectivity index (χ0v) is 21.3. The normalized spacial score (nSPS) is 17.2. The summed E-state index contributed by atoms with van der Waals surface area (Å²) in [7, 11) is 1.42. The monoisotopic (exact) mass is 512 g/mol. The minimum absolute atomic E-state index is 0.0402. The van der Waals surface area contributed by atoms with Gasteiger partial charge in [0.05, 0.1) is 34.8 Å². The van der Waals surface area contributed by atoms with Crippen molar-refractivity contribution in [2.75, 3.05) is 12.4 Å². The van der Waals surface area contributed by atoms with Crippen LogP contribution in [-0.2, 0) is 0 Å². The summed E-state index contributed by atoms with van der Waals surface area (Å²) in [6, 6.07) is 5.52. The number of pyridine rings is 1. The van der Waals surface area contributed by atoms with Crippen LogP contribution >= 0.6 is 11.6 Å². The SMILES string of the molecule is COc1cccc(F)c1-c1nc(Nc2c(C3CCCCC3)ncnc2C2CCCCC2)c(Cl)cc1F. The highest BCUT2D eigenvalue weighted by Gasteiger charge is 2.28. The first kappa shape index (κ1) is 24.9. The molecule has 0 unspecified atom stereocenters. The molecule has 2 saturated carbocycles. The van der Waals surface area contributed by atoms with Crippen LogP contribution in [0.3, 0.4) is 0 Å². The third-order valence-electron chi connectivity index (χ3n) is 7.49. The molecule has 5 nitrogen and oxygen atoms in total. The van der Waals surface area contributed by atoms with E-state index in [1.165, 1.54) is 63.8 Å². The maximum atomic E-state index is 15.1. The molecule has 3 aromatic rings. The molecule has 1 aromatic carbocycles. The van der Waals surface area contributed by atoms with E-state index in [4.69, 9.17) is 26.3 Å². The second kappa shape index (κ2) is 11.1. The molecule has 0 spiro atoms. The van der Waals surface area contributed by atoms with E-state index < -0.39 is 11.6 Å². The van der Waals surface area contributed by atoms with Gasteiger partial charge in [0.1, 0.15) is 29.4 Å². The molecule has 0 aliphatic heterocycles. The number of hydrogen-bond acceptors (Lipinski definition) is 5. The Hall–Kier alpha value is -2.80. The van der Waals surface area contributed by atoms with Gasteiger partial charge in [-0.15, -0.1) is 0 Å². The first-order valence-electron chi connectivity index (χ1n) is 12.9. The van der Waals surface area contributed by atoms with Crippen molar-refractivity contribution >= 4 is 23.1 Å². The average molecular weight is 513 g/mol. The maximum Gasteiger partial charge on any atom is 0.151 e. The molecule has 8 heteroatoms. The molecule has 2 heterocycles. The Kier molecular flexibility index (Phi) is 7.65. The number of methoxy groups -OCH3 is 1. The predicted octanol–water partition coefficient (Wildman–Crippen LogP) is 8.32. The van der Waals surface area contributed by atoms with Crippen LogP contribution in [0.4, 0.5) is 20.3 Å². The van der Waals surface area contributed by atoms with Gasteiger partial charge in [0.25, 0.3) is 0 Å². The average Bonchev–Trinajstić information content (AvgIpc) is 2.91. The molecular weight excluding hydrogens is 482 g/mol. The van der Waals surface area contributed by atoms with Gasteiger partial charge in [-0.1, -0.05) is 56.2 Å². The van der Waals surface area contributed by atoms with Crippen molar-refractivity contribution in [3.8, 4) is 17.0 Å². The second-order valence-electron chi connectivity index (χ2n) is 9.78. The Labute approximate surface area is 215 Å². The van der Waals surface area contributed by atoms with Gasteiger partial charge < -0.3 is 10.1 Å². The molecule has 2 aliphatic carbocycles. The van der Waals surface area contributed by atoms with Gasteiger partial charge in [-0.2, -0.15) is 0 Å². The number of benzene rings is 1. The summed E-state index contributed by atoms with van der Waals surface area (Å²) in [5.41, 5.74) is 2.56. The zero-order chi connectivity index (χ0) is 25.1. The van der Waals surface area contributed by atoms with E-state index in [1.54, 1.807) is 12.4 Å². The zero-order valence-electron chi connectivity index (χ0n) is 20.5. The number of aromatic nitrogens is 3. The molecule has 0 bridgehead atoms. The standard InChI is InChI=1S/C28H31ClF2N4O/c1-36-22-14-8-13-20(30)23(22)26-21(31)15-19(29)28(34-26)35-27-24(17-9-4-2-5-10-17)32-16-33-25(27)18-11-6-3-7-12-18/h8,13-18H,2-7,9-12H2,1H3,(H,34,35). The molecule has 2 aromatic heterocycles. The summed E-state index contributed by atoms with van der Waals surface area (Å²) in [5.74, 6) is -0.263. The van der Waals surface area contributed by atoms with Crippen molar-refractivity contribution in [1.29, 1.82) is 0 Å². The molecule has 0 radical (unpaired) electrons. The molecule has 0 amide bonds. The lowest BCUT2D eigenvalue weighted by molar-refractivity contribution is 0.413. The summed E-state index contributed by atoms with van der Waals surface area (Å²) >= 11 is 6.50. The summed E-state index contributed by atoms with van der Waals surface area (Å²) in [4.78, 5) is 13.9. The minimum atomic E-state index is -0.724. The molecule has 1 N–H and O–H groups in total. The van der Waals surface area contributed by atoms with Crippen molar-refractivity contribution < 1.29 is 13.5 Å². The van der Waals surface area contributed by atoms with Crippen molar-refractivity contribution in [3.63, 3.8) is 0 Å². The van der Waals surface area contributed by atoms with E-state index in [9.17, 15) is 4.39 Å². The highest BCUT2D eigenvalue weighted by atomic mass is 35.5. The summed E-state index contributed by atoms with van der Waals surface area (Å²) in [6.07, 6.45) is 13.1. The number of halogens is 3. The number of anilines is 2. The fourth-order valence-corrected chi connectivity index (χ4v) is 5.85. The Balaban J connectivity index is 1.61. The summed E-state index contributed by atoms with van der Waals surface area (Å²) < 4.78 is 35.2. The van der Waals surface area contributed by atoms with Crippen LogP contribution in [0, 0.1) is 11.6 Å². The first-order chi connectivity index (χ1) is 17.6. The third-order valence-corrected chi connectivity index (χ3v) is 7.78. The number of ether oxygens (including phenoxy) is 1. The largest absolute Gasteiger partial charge is 0.496 e. The lowest BCUT2D eigenvalue weighted by Gasteiger charge is -2.28. The van der Waals surface area contributed by atoms with Crippen LogP contribution < -0.4 is 10.1 Å². The number of nitrogens with zero attached hydrogens (tertiary/aromatic N) is 3. The highest BCUT2D eigenvalue weighted by Crippen LogP contribution is 2.43. The molecule has 2 aliphatic rings. The molecule has 2 fully saturated rings. The van der Waals surface area contributed by atoms with E-state index in [2.05, 4.69) is 10.3 Å². The van der Waals surface area contributed by atoms with Crippen LogP contribution in [0.5, 0.6) is 5.75 Å². The quantitative estimate of drug-likeness (QED) is 0.360. The smallest absolute Gasteiger partial charge is 0.151 e. The fraction of sp³-hybridized carbons (Fsp3) is 0.464. The molecular formula is C28H31ClF2N4O. The Morgan fingerprint density at radius 1 is 0.889 bits per heavy atom. The second-order valence-corrected chi connectivity index (χ2v) is 10.2. The van der Waals surface area contributed by atoms with Gasteiger partial charge >= 0.3 is 0 Å². The Bertz CT molecular complexity index is 1190. The van der Waals surface area contributed by atoms with Crippen LogP contribution in [0.1, 0.15) is 87.4 Å². The minimum Gasteiger partial charge on any atom is -0.496 e. The van der Waals surface area contributed by atoms with Gasteiger partial charge in [0.2, 0.25) is 0 Å². The van der Waals surface area contributed by atoms with Crippen molar-refractivity contribution in [2.45, 2.75) is 76.0 Å². The van der Waals surface area contributed by atoms with E-state index in [0.29, 0.717) is 11.8 Å². The molecule has 5 rings (SSSR count). The fourth-order valence-electron chi connectivity index (χ4n) is 5.67. The van der Waals surface area contributed by atoms with E-state index >= 15 is 4.39 Å². The van der Waals surface area contributed by atoms with Crippen molar-refractivity contribution in [2.24, 2.45) is 0 Å². The predicted molar refractivity (Wildman–Crippen MR) is 138 cm³/mol. The van der Waals surface area contributed by atoms with Gasteiger partial charge in [0, 0.05) is 11.8 Å². The van der Waals surface area contributed by atoms with Crippen molar-refractivity contribution in [1.82, 2.24) is 15.0 Å². The van der Waals surface area contributed by atoms with E-state index in [0.717, 1.165) is 42.8 Å². The molecule has 36 heavy (non-hydrogen) atoms. The van der Waals surface area contributed by atoms with Gasteiger partial charge in [-0.3, -0.25) is 0 Å². The topological polar surface area (TPSA) is 59.9 Å². The Morgan fingerprint density at radius 2 is 1.50 bits per heavy atom. The molecule has 0 atom stereocenters. The third kappa shape index (κ3) is 5.03. The Morgan fingerprint density at radius 3 is 2.08 bits per heavy atom. The first-order valence-corrected chi connectivity index (χ1v) is 13.2. The van der Waals surface area contributed by atoms with Crippen LogP contribution in [-0.4, -0.2) is 22.1 Å². The van der Waals surface area contributed by atoms with Gasteiger partial charge in [-0.05, 0) is 43.9 Å². The number of hydrogen-bond donors (Lipinski definition) is 1. The van der Waals surface area contributed by atoms with Crippen LogP contribution in [0.2, 0.25) is 5.02 Å². The van der Waals surface area contributed by atoms with E-state index in [1.807, 2.05) is 0 Å². The van der Waals surface area contributed by atoms with Crippen molar-refractivity contribution in [3.05, 3.63) is 58.6 Å². The molecule has 0 saturated heterocycles. The lowest BCUT2D eigenvalue weighted by Crippen LogP contribution is -2.16. The van der Waals surface area contributed by atoms with Gasteiger partial charge in [0.15, 0.2) is 5.82 Å². The summed E-state index contributed by atoms with van der Waals surface area (Å²) in [6.45, 7) is 0. The maximum absolute atomic E-state index is 15.1.